The molecule has 2 amide bonds. The first-order valence-corrected chi connectivity index (χ1v) is 11.5. The average Bonchev–Trinajstić information content (AvgIpc) is 3.29. The van der Waals surface area contributed by atoms with Gasteiger partial charge >= 0.3 is 6.03 Å². The topological polar surface area (TPSA) is 91.4 Å². The third-order valence-electron chi connectivity index (χ3n) is 6.68. The van der Waals surface area contributed by atoms with Gasteiger partial charge in [0.15, 0.2) is 11.6 Å². The fraction of sp³-hybridized carbons (Fsp3) is 0.522. The predicted molar refractivity (Wildman–Crippen MR) is 118 cm³/mol. The molecule has 0 radical (unpaired) electrons. The van der Waals surface area contributed by atoms with Gasteiger partial charge in [-0.3, -0.25) is 0 Å². The molecule has 33 heavy (non-hydrogen) atoms. The highest BCUT2D eigenvalue weighted by atomic mass is 19.2. The van der Waals surface area contributed by atoms with Gasteiger partial charge in [0.05, 0.1) is 18.3 Å². The zero-order valence-corrected chi connectivity index (χ0v) is 18.3. The third kappa shape index (κ3) is 4.91. The van der Waals surface area contributed by atoms with Crippen LogP contribution in [-0.2, 0) is 17.7 Å². The summed E-state index contributed by atoms with van der Waals surface area (Å²) in [6.45, 7) is 3.61. The number of carbonyl (C=O) groups is 1. The molecule has 0 spiro atoms. The number of nitrogens with one attached hydrogen (secondary N) is 3. The summed E-state index contributed by atoms with van der Waals surface area (Å²) in [5.41, 5.74) is 2.58. The summed E-state index contributed by atoms with van der Waals surface area (Å²) in [4.78, 5) is 23.9. The normalized spacial score (nSPS) is 23.3. The third-order valence-corrected chi connectivity index (χ3v) is 6.68. The lowest BCUT2D eigenvalue weighted by atomic mass is 9.94. The van der Waals surface area contributed by atoms with Gasteiger partial charge in [-0.25, -0.2) is 23.5 Å². The van der Waals surface area contributed by atoms with Crippen molar-refractivity contribution in [3.63, 3.8) is 0 Å². The molecule has 176 valence electrons. The second-order valence-corrected chi connectivity index (χ2v) is 8.86. The maximum Gasteiger partial charge on any atom is 0.318 e. The van der Waals surface area contributed by atoms with Crippen molar-refractivity contribution in [2.75, 3.05) is 38.2 Å². The minimum atomic E-state index is -0.873. The Morgan fingerprint density at radius 2 is 2.03 bits per heavy atom. The molecule has 5 rings (SSSR count). The van der Waals surface area contributed by atoms with Crippen LogP contribution in [0, 0.1) is 11.6 Å². The van der Waals surface area contributed by atoms with Gasteiger partial charge in [-0.1, -0.05) is 6.07 Å². The zero-order valence-electron chi connectivity index (χ0n) is 18.3. The predicted octanol–water partition coefficient (Wildman–Crippen LogP) is 2.17. The molecule has 8 nitrogen and oxygen atoms in total. The fourth-order valence-electron chi connectivity index (χ4n) is 4.74. The van der Waals surface area contributed by atoms with E-state index in [0.717, 1.165) is 43.4 Å². The molecule has 0 bridgehead atoms. The summed E-state index contributed by atoms with van der Waals surface area (Å²) in [6.07, 6.45) is 4.38. The van der Waals surface area contributed by atoms with Gasteiger partial charge in [0.1, 0.15) is 0 Å². The summed E-state index contributed by atoms with van der Waals surface area (Å²) in [5.74, 6) is -1.29. The Morgan fingerprint density at radius 3 is 2.85 bits per heavy atom. The number of urea groups is 1. The number of benzene rings is 1. The minimum absolute atomic E-state index is 0.126. The highest BCUT2D eigenvalue weighted by Crippen LogP contribution is 2.25. The number of rotatable bonds is 4. The number of nitrogens with zero attached hydrogens (tertiary/aromatic N) is 3. The van der Waals surface area contributed by atoms with Crippen molar-refractivity contribution < 1.29 is 18.3 Å². The number of hydrogen-bond acceptors (Lipinski definition) is 6. The Balaban J connectivity index is 1.23. The van der Waals surface area contributed by atoms with E-state index < -0.39 is 11.6 Å². The quantitative estimate of drug-likeness (QED) is 0.651. The van der Waals surface area contributed by atoms with Crippen molar-refractivity contribution in [1.82, 2.24) is 25.5 Å². The van der Waals surface area contributed by atoms with Crippen molar-refractivity contribution >= 4 is 12.0 Å². The number of carbonyl (C=O) groups excluding carboxylic acids is 1. The fourth-order valence-corrected chi connectivity index (χ4v) is 4.74. The average molecular weight is 459 g/mol. The van der Waals surface area contributed by atoms with Crippen LogP contribution in [0.3, 0.4) is 0 Å². The Bertz CT molecular complexity index is 1020. The molecule has 2 fully saturated rings. The first-order chi connectivity index (χ1) is 16.1. The summed E-state index contributed by atoms with van der Waals surface area (Å²) in [5, 5.41) is 9.69. The zero-order chi connectivity index (χ0) is 22.8. The summed E-state index contributed by atoms with van der Waals surface area (Å²) in [7, 11) is 0. The largest absolute Gasteiger partial charge is 0.381 e. The Morgan fingerprint density at radius 1 is 1.18 bits per heavy atom. The van der Waals surface area contributed by atoms with E-state index in [-0.39, 0.29) is 18.0 Å². The van der Waals surface area contributed by atoms with E-state index in [1.54, 1.807) is 11.0 Å². The number of ether oxygens (including phenoxy) is 1. The number of aromatic nitrogens is 2. The number of hydrogen-bond donors (Lipinski definition) is 3. The smallest absolute Gasteiger partial charge is 0.318 e. The Hall–Kier alpha value is -2.85. The molecule has 10 heteroatoms. The Kier molecular flexibility index (Phi) is 6.37. The van der Waals surface area contributed by atoms with E-state index in [1.807, 2.05) is 6.20 Å². The molecule has 0 saturated carbocycles. The molecule has 1 aromatic heterocycles. The minimum Gasteiger partial charge on any atom is -0.381 e. The first-order valence-electron chi connectivity index (χ1n) is 11.5. The molecule has 0 aliphatic carbocycles. The molecular formula is C23H28F2N6O2. The van der Waals surface area contributed by atoms with Crippen molar-refractivity contribution in [3.05, 3.63) is 52.9 Å². The van der Waals surface area contributed by atoms with E-state index in [1.165, 1.54) is 6.07 Å². The molecule has 2 atom stereocenters. The molecule has 1 aromatic carbocycles. The van der Waals surface area contributed by atoms with Gasteiger partial charge in [0, 0.05) is 51.0 Å². The molecule has 4 heterocycles. The SMILES string of the molecule is O=C(NC1CNCC1c1ccc(F)c(F)c1)N1CCc2cnc(NC3CCOCC3)nc2C1. The van der Waals surface area contributed by atoms with Crippen molar-refractivity contribution in [2.45, 2.75) is 43.8 Å². The summed E-state index contributed by atoms with van der Waals surface area (Å²) < 4.78 is 32.4. The second-order valence-electron chi connectivity index (χ2n) is 8.86. The van der Waals surface area contributed by atoms with Crippen molar-refractivity contribution in [1.29, 1.82) is 0 Å². The van der Waals surface area contributed by atoms with E-state index >= 15 is 0 Å². The molecule has 3 aliphatic heterocycles. The van der Waals surface area contributed by atoms with Gasteiger partial charge < -0.3 is 25.6 Å². The number of anilines is 1. The molecule has 3 N–H and O–H groups in total. The molecule has 3 aliphatic rings. The van der Waals surface area contributed by atoms with Crippen LogP contribution in [0.5, 0.6) is 0 Å². The lowest BCUT2D eigenvalue weighted by Gasteiger charge is -2.31. The van der Waals surface area contributed by atoms with Crippen LogP contribution in [-0.4, -0.2) is 65.8 Å². The molecule has 2 saturated heterocycles. The van der Waals surface area contributed by atoms with Crippen LogP contribution in [0.15, 0.2) is 24.4 Å². The van der Waals surface area contributed by atoms with E-state index in [2.05, 4.69) is 25.9 Å². The molecular weight excluding hydrogens is 430 g/mol. The van der Waals surface area contributed by atoms with Gasteiger partial charge in [-0.05, 0) is 42.5 Å². The highest BCUT2D eigenvalue weighted by Gasteiger charge is 2.32. The first kappa shape index (κ1) is 22.0. The van der Waals surface area contributed by atoms with E-state index in [4.69, 9.17) is 4.74 Å². The standard InChI is InChI=1S/C23H28F2N6O2/c24-18-2-1-14(9-19(18)25)17-11-26-12-20(17)30-23(32)31-6-3-15-10-27-22(29-21(15)13-31)28-16-4-7-33-8-5-16/h1-2,9-10,16-17,20,26H,3-8,11-13H2,(H,30,32)(H,27,28,29). The van der Waals surface area contributed by atoms with Gasteiger partial charge in [0.25, 0.3) is 0 Å². The summed E-state index contributed by atoms with van der Waals surface area (Å²) >= 11 is 0. The van der Waals surface area contributed by atoms with Gasteiger partial charge in [-0.2, -0.15) is 0 Å². The maximum atomic E-state index is 13.7. The van der Waals surface area contributed by atoms with Crippen LogP contribution >= 0.6 is 0 Å². The van der Waals surface area contributed by atoms with Crippen LogP contribution in [0.2, 0.25) is 0 Å². The second kappa shape index (κ2) is 9.56. The highest BCUT2D eigenvalue weighted by molar-refractivity contribution is 5.75. The van der Waals surface area contributed by atoms with Gasteiger partial charge in [-0.15, -0.1) is 0 Å². The van der Waals surface area contributed by atoms with Crippen LogP contribution < -0.4 is 16.0 Å². The lowest BCUT2D eigenvalue weighted by molar-refractivity contribution is 0.0903. The number of fused-ring (bicyclic) bond motifs is 1. The maximum absolute atomic E-state index is 13.7. The summed E-state index contributed by atoms with van der Waals surface area (Å²) in [6, 6.07) is 3.83. The number of halogens is 2. The van der Waals surface area contributed by atoms with Crippen LogP contribution in [0.25, 0.3) is 0 Å². The van der Waals surface area contributed by atoms with Crippen molar-refractivity contribution in [3.8, 4) is 0 Å². The lowest BCUT2D eigenvalue weighted by Crippen LogP contribution is -2.48. The van der Waals surface area contributed by atoms with Crippen LogP contribution in [0.4, 0.5) is 19.5 Å². The number of amides is 2. The van der Waals surface area contributed by atoms with Gasteiger partial charge in [0.2, 0.25) is 5.95 Å². The molecule has 2 unspecified atom stereocenters. The monoisotopic (exact) mass is 458 g/mol. The van der Waals surface area contributed by atoms with E-state index in [0.29, 0.717) is 50.2 Å². The van der Waals surface area contributed by atoms with Crippen LogP contribution in [0.1, 0.15) is 35.6 Å². The Labute approximate surface area is 191 Å². The van der Waals surface area contributed by atoms with E-state index in [9.17, 15) is 13.6 Å². The molecule has 2 aromatic rings. The van der Waals surface area contributed by atoms with Crippen molar-refractivity contribution in [2.24, 2.45) is 0 Å².